The Labute approximate surface area is 290 Å². The number of carbonyl (C=O) groups excluding carboxylic acids is 1. The number of aromatic nitrogens is 1. The van der Waals surface area contributed by atoms with Crippen LogP contribution >= 0.6 is 11.3 Å². The smallest absolute Gasteiger partial charge is 0.313 e. The van der Waals surface area contributed by atoms with Crippen molar-refractivity contribution in [2.24, 2.45) is 5.41 Å². The van der Waals surface area contributed by atoms with E-state index in [4.69, 9.17) is 9.47 Å². The summed E-state index contributed by atoms with van der Waals surface area (Å²) in [5, 5.41) is 4.46. The number of nitrogens with zero attached hydrogens (tertiary/aromatic N) is 3. The summed E-state index contributed by atoms with van der Waals surface area (Å²) in [5.41, 5.74) is 1.29. The van der Waals surface area contributed by atoms with Crippen molar-refractivity contribution in [2.45, 2.75) is 98.1 Å². The molecule has 1 fully saturated rings. The molecule has 0 aliphatic carbocycles. The van der Waals surface area contributed by atoms with E-state index in [1.54, 1.807) is 0 Å². The van der Waals surface area contributed by atoms with Gasteiger partial charge in [0.2, 0.25) is 0 Å². The Morgan fingerprint density at radius 3 is 2.40 bits per heavy atom. The molecule has 0 N–H and O–H groups in total. The molecule has 0 saturated carbocycles. The number of unbranched alkanes of at least 4 members (excludes halogenated alkanes) is 8. The van der Waals surface area contributed by atoms with Gasteiger partial charge < -0.3 is 14.4 Å². The van der Waals surface area contributed by atoms with Crippen LogP contribution in [0.25, 0.3) is 21.0 Å². The number of ether oxygens (including phenoxy) is 2. The number of carbonyl (C=O) groups is 1. The van der Waals surface area contributed by atoms with Gasteiger partial charge in [0.15, 0.2) is 6.73 Å². The zero-order valence-corrected chi connectivity index (χ0v) is 30.2. The molecule has 0 radical (unpaired) electrons. The first kappa shape index (κ1) is 35.9. The summed E-state index contributed by atoms with van der Waals surface area (Å²) in [6, 6.07) is 18.0. The summed E-state index contributed by atoms with van der Waals surface area (Å²) < 4.78 is 14.8. The summed E-state index contributed by atoms with van der Waals surface area (Å²) in [4.78, 5) is 31.0. The predicted molar refractivity (Wildman–Crippen MR) is 201 cm³/mol. The van der Waals surface area contributed by atoms with Crippen molar-refractivity contribution in [3.05, 3.63) is 70.3 Å². The lowest BCUT2D eigenvalue weighted by Gasteiger charge is -2.36. The molecule has 2 aromatic carbocycles. The summed E-state index contributed by atoms with van der Waals surface area (Å²) >= 11 is 1.81. The second-order valence-electron chi connectivity index (χ2n) is 14.0. The lowest BCUT2D eigenvalue weighted by atomic mass is 9.87. The third kappa shape index (κ3) is 9.85. The van der Waals surface area contributed by atoms with Gasteiger partial charge in [0.1, 0.15) is 5.75 Å². The molecule has 0 atom stereocenters. The van der Waals surface area contributed by atoms with Gasteiger partial charge in [0.25, 0.3) is 5.56 Å². The van der Waals surface area contributed by atoms with Crippen molar-refractivity contribution in [1.29, 1.82) is 0 Å². The average Bonchev–Trinajstić information content (AvgIpc) is 3.58. The van der Waals surface area contributed by atoms with E-state index in [-0.39, 0.29) is 18.3 Å². The number of benzene rings is 2. The van der Waals surface area contributed by atoms with Crippen molar-refractivity contribution in [1.82, 2.24) is 9.47 Å². The number of esters is 1. The second kappa shape index (κ2) is 17.9. The summed E-state index contributed by atoms with van der Waals surface area (Å²) in [7, 11) is 0. The van der Waals surface area contributed by atoms with Gasteiger partial charge in [-0.1, -0.05) is 64.4 Å². The third-order valence-corrected chi connectivity index (χ3v) is 10.7. The molecule has 4 aromatic rings. The standard InChI is InChI=1S/C40H55N3O4S/c1-4-5-6-7-8-9-10-11-22-40(2,3)39(45)47-31-43-36-30-33(19-17-32(36)18-20-38(43)44)46-28-13-12-23-41-24-26-42(27-25-41)35-15-14-16-37-34(35)21-29-48-37/h14-21,29-30H,4-13,22-28,31H2,1-3H3. The van der Waals surface area contributed by atoms with E-state index in [0.717, 1.165) is 76.0 Å². The molecule has 0 amide bonds. The highest BCUT2D eigenvalue weighted by Gasteiger charge is 2.29. The molecule has 2 aromatic heterocycles. The first-order chi connectivity index (χ1) is 23.4. The van der Waals surface area contributed by atoms with Gasteiger partial charge in [0.05, 0.1) is 17.5 Å². The predicted octanol–water partition coefficient (Wildman–Crippen LogP) is 9.26. The monoisotopic (exact) mass is 673 g/mol. The van der Waals surface area contributed by atoms with Gasteiger partial charge in [0, 0.05) is 54.1 Å². The van der Waals surface area contributed by atoms with Crippen molar-refractivity contribution >= 4 is 44.0 Å². The number of piperazine rings is 1. The van der Waals surface area contributed by atoms with Crippen LogP contribution in [0.4, 0.5) is 5.69 Å². The molecule has 8 heteroatoms. The highest BCUT2D eigenvalue weighted by Crippen LogP contribution is 2.31. The van der Waals surface area contributed by atoms with Gasteiger partial charge >= 0.3 is 5.97 Å². The molecule has 0 unspecified atom stereocenters. The van der Waals surface area contributed by atoms with Gasteiger partial charge in [-0.3, -0.25) is 19.1 Å². The van der Waals surface area contributed by atoms with Crippen LogP contribution in [-0.2, 0) is 16.3 Å². The summed E-state index contributed by atoms with van der Waals surface area (Å²) in [5.74, 6) is 0.461. The van der Waals surface area contributed by atoms with Gasteiger partial charge in [-0.25, -0.2) is 0 Å². The molecule has 3 heterocycles. The maximum absolute atomic E-state index is 13.1. The number of pyridine rings is 1. The van der Waals surface area contributed by atoms with Crippen LogP contribution < -0.4 is 15.2 Å². The number of thiophene rings is 1. The van der Waals surface area contributed by atoms with E-state index in [1.165, 1.54) is 64.9 Å². The van der Waals surface area contributed by atoms with E-state index >= 15 is 0 Å². The maximum atomic E-state index is 13.1. The lowest BCUT2D eigenvalue weighted by molar-refractivity contribution is -0.158. The highest BCUT2D eigenvalue weighted by atomic mass is 32.1. The van der Waals surface area contributed by atoms with E-state index in [2.05, 4.69) is 46.4 Å². The molecule has 0 bridgehead atoms. The zero-order chi connectivity index (χ0) is 33.8. The van der Waals surface area contributed by atoms with Crippen LogP contribution in [0.15, 0.2) is 64.8 Å². The van der Waals surface area contributed by atoms with Crippen molar-refractivity contribution in [3.8, 4) is 5.75 Å². The van der Waals surface area contributed by atoms with Crippen molar-refractivity contribution in [2.75, 3.05) is 44.2 Å². The van der Waals surface area contributed by atoms with Crippen LogP contribution in [0.1, 0.15) is 91.4 Å². The highest BCUT2D eigenvalue weighted by molar-refractivity contribution is 7.17. The van der Waals surface area contributed by atoms with Gasteiger partial charge in [-0.05, 0) is 86.8 Å². The fourth-order valence-corrected chi connectivity index (χ4v) is 7.51. The van der Waals surface area contributed by atoms with Crippen LogP contribution in [0.2, 0.25) is 0 Å². The normalized spacial score (nSPS) is 14.2. The number of fused-ring (bicyclic) bond motifs is 2. The van der Waals surface area contributed by atoms with E-state index in [9.17, 15) is 9.59 Å². The minimum atomic E-state index is -0.586. The Morgan fingerprint density at radius 2 is 1.60 bits per heavy atom. The molecule has 1 aliphatic rings. The first-order valence-electron chi connectivity index (χ1n) is 18.2. The van der Waals surface area contributed by atoms with E-state index in [1.807, 2.05) is 49.4 Å². The van der Waals surface area contributed by atoms with Gasteiger partial charge in [-0.15, -0.1) is 11.3 Å². The molecule has 48 heavy (non-hydrogen) atoms. The molecule has 5 rings (SSSR count). The molecule has 1 saturated heterocycles. The number of rotatable bonds is 19. The lowest BCUT2D eigenvalue weighted by Crippen LogP contribution is -2.46. The summed E-state index contributed by atoms with van der Waals surface area (Å²) in [6.07, 6.45) is 12.7. The van der Waals surface area contributed by atoms with Gasteiger partial charge in [-0.2, -0.15) is 0 Å². The quantitative estimate of drug-likeness (QED) is 0.0731. The second-order valence-corrected chi connectivity index (χ2v) is 14.9. The Balaban J connectivity index is 1.04. The fraction of sp³-hybridized carbons (Fsp3) is 0.550. The molecule has 1 aliphatic heterocycles. The fourth-order valence-electron chi connectivity index (χ4n) is 6.71. The Bertz CT molecular complexity index is 1650. The Kier molecular flexibility index (Phi) is 13.4. The van der Waals surface area contributed by atoms with Crippen LogP contribution in [0, 0.1) is 5.41 Å². The van der Waals surface area contributed by atoms with E-state index in [0.29, 0.717) is 12.1 Å². The average molecular weight is 674 g/mol. The van der Waals surface area contributed by atoms with Crippen molar-refractivity contribution in [3.63, 3.8) is 0 Å². The topological polar surface area (TPSA) is 64.0 Å². The maximum Gasteiger partial charge on any atom is 0.313 e. The molecular formula is C40H55N3O4S. The van der Waals surface area contributed by atoms with Crippen LogP contribution in [0.5, 0.6) is 5.75 Å². The Hall–Kier alpha value is -3.36. The molecule has 260 valence electrons. The molecule has 0 spiro atoms. The SMILES string of the molecule is CCCCCCCCCCC(C)(C)C(=O)OCn1c(=O)ccc2ccc(OCCCCN3CCN(c4cccc5sccc45)CC3)cc21. The van der Waals surface area contributed by atoms with Crippen LogP contribution in [0.3, 0.4) is 0 Å². The number of anilines is 1. The third-order valence-electron chi connectivity index (χ3n) is 9.82. The largest absolute Gasteiger partial charge is 0.494 e. The van der Waals surface area contributed by atoms with Crippen molar-refractivity contribution < 1.29 is 14.3 Å². The minimum absolute atomic E-state index is 0.102. The zero-order valence-electron chi connectivity index (χ0n) is 29.4. The minimum Gasteiger partial charge on any atom is -0.494 e. The number of hydrogen-bond acceptors (Lipinski definition) is 7. The number of hydrogen-bond donors (Lipinski definition) is 0. The van der Waals surface area contributed by atoms with Crippen LogP contribution in [-0.4, -0.2) is 54.8 Å². The Morgan fingerprint density at radius 1 is 0.854 bits per heavy atom. The molecular weight excluding hydrogens is 619 g/mol. The first-order valence-corrected chi connectivity index (χ1v) is 19.1. The van der Waals surface area contributed by atoms with E-state index < -0.39 is 5.41 Å². The molecule has 7 nitrogen and oxygen atoms in total. The summed E-state index contributed by atoms with van der Waals surface area (Å²) in [6.45, 7) is 12.0.